The lowest BCUT2D eigenvalue weighted by atomic mass is 10.2. The van der Waals surface area contributed by atoms with Gasteiger partial charge in [-0.2, -0.15) is 0 Å². The van der Waals surface area contributed by atoms with Crippen molar-refractivity contribution in [3.05, 3.63) is 57.0 Å². The molecule has 7 heteroatoms. The lowest BCUT2D eigenvalue weighted by Crippen LogP contribution is -2.14. The van der Waals surface area contributed by atoms with Crippen LogP contribution in [0, 0.1) is 0 Å². The van der Waals surface area contributed by atoms with Gasteiger partial charge in [0.2, 0.25) is 0 Å². The quantitative estimate of drug-likeness (QED) is 0.796. The minimum atomic E-state index is -3.66. The van der Waals surface area contributed by atoms with Gasteiger partial charge in [-0.05, 0) is 61.7 Å². The van der Waals surface area contributed by atoms with Gasteiger partial charge >= 0.3 is 0 Å². The molecule has 2 aromatic rings. The molecule has 0 aliphatic heterocycles. The summed E-state index contributed by atoms with van der Waals surface area (Å²) in [6.45, 7) is 0.358. The first kappa shape index (κ1) is 15.5. The second-order valence-electron chi connectivity index (χ2n) is 4.05. The molecule has 0 bridgehead atoms. The minimum Gasteiger partial charge on any atom is -0.326 e. The van der Waals surface area contributed by atoms with Gasteiger partial charge in [0.25, 0.3) is 10.0 Å². The Morgan fingerprint density at radius 3 is 2.35 bits per heavy atom. The van der Waals surface area contributed by atoms with Crippen LogP contribution in [-0.2, 0) is 16.6 Å². The first-order valence-electron chi connectivity index (χ1n) is 5.70. The number of hydrogen-bond acceptors (Lipinski definition) is 3. The van der Waals surface area contributed by atoms with Gasteiger partial charge < -0.3 is 5.73 Å². The molecule has 0 aliphatic carbocycles. The summed E-state index contributed by atoms with van der Waals surface area (Å²) in [5, 5.41) is 0. The number of hydrogen-bond donors (Lipinski definition) is 2. The second-order valence-corrected chi connectivity index (χ2v) is 7.41. The molecule has 0 saturated heterocycles. The third-order valence-corrected chi connectivity index (χ3v) is 5.67. The summed E-state index contributed by atoms with van der Waals surface area (Å²) in [4.78, 5) is 0.172. The van der Waals surface area contributed by atoms with E-state index in [9.17, 15) is 8.42 Å². The van der Waals surface area contributed by atoms with Crippen molar-refractivity contribution in [2.75, 3.05) is 4.72 Å². The van der Waals surface area contributed by atoms with Crippen LogP contribution in [0.4, 0.5) is 5.69 Å². The molecule has 0 saturated carbocycles. The third kappa shape index (κ3) is 3.41. The van der Waals surface area contributed by atoms with Gasteiger partial charge in [-0.15, -0.1) is 0 Å². The zero-order chi connectivity index (χ0) is 14.8. The van der Waals surface area contributed by atoms with Crippen LogP contribution < -0.4 is 10.5 Å². The maximum absolute atomic E-state index is 12.4. The molecule has 2 rings (SSSR count). The topological polar surface area (TPSA) is 72.2 Å². The van der Waals surface area contributed by atoms with Crippen molar-refractivity contribution >= 4 is 47.6 Å². The Bertz CT molecular complexity index is 733. The van der Waals surface area contributed by atoms with E-state index in [2.05, 4.69) is 36.6 Å². The molecular formula is C13H12Br2N2O2S. The van der Waals surface area contributed by atoms with E-state index in [0.29, 0.717) is 21.2 Å². The fourth-order valence-electron chi connectivity index (χ4n) is 1.63. The van der Waals surface area contributed by atoms with Crippen LogP contribution in [0.1, 0.15) is 5.56 Å². The molecule has 0 spiro atoms. The number of halogens is 2. The van der Waals surface area contributed by atoms with E-state index in [1.165, 1.54) is 6.07 Å². The van der Waals surface area contributed by atoms with Gasteiger partial charge in [0.05, 0.1) is 5.69 Å². The van der Waals surface area contributed by atoms with Gasteiger partial charge in [0.1, 0.15) is 4.90 Å². The van der Waals surface area contributed by atoms with Gasteiger partial charge in [0.15, 0.2) is 0 Å². The molecule has 20 heavy (non-hydrogen) atoms. The average Bonchev–Trinajstić information content (AvgIpc) is 2.40. The maximum Gasteiger partial charge on any atom is 0.263 e. The number of nitrogens with two attached hydrogens (primary N) is 1. The number of rotatable bonds is 4. The molecule has 0 unspecified atom stereocenters. The Morgan fingerprint density at radius 2 is 1.75 bits per heavy atom. The summed E-state index contributed by atoms with van der Waals surface area (Å²) in [7, 11) is -3.66. The van der Waals surface area contributed by atoms with Crippen molar-refractivity contribution in [3.8, 4) is 0 Å². The number of nitrogens with one attached hydrogen (secondary N) is 1. The summed E-state index contributed by atoms with van der Waals surface area (Å²) in [6.07, 6.45) is 0. The van der Waals surface area contributed by atoms with Crippen molar-refractivity contribution in [2.45, 2.75) is 11.4 Å². The summed E-state index contributed by atoms with van der Waals surface area (Å²) < 4.78 is 28.5. The summed E-state index contributed by atoms with van der Waals surface area (Å²) in [5.41, 5.74) is 6.88. The van der Waals surface area contributed by atoms with Gasteiger partial charge in [-0.3, -0.25) is 4.72 Å². The molecule has 0 atom stereocenters. The molecule has 0 heterocycles. The van der Waals surface area contributed by atoms with Crippen LogP contribution in [0.25, 0.3) is 0 Å². The molecule has 0 aromatic heterocycles. The average molecular weight is 420 g/mol. The van der Waals surface area contributed by atoms with Crippen LogP contribution in [0.3, 0.4) is 0 Å². The monoisotopic (exact) mass is 418 g/mol. The normalized spacial score (nSPS) is 11.3. The fraction of sp³-hybridized carbons (Fsp3) is 0.0769. The zero-order valence-electron chi connectivity index (χ0n) is 10.3. The van der Waals surface area contributed by atoms with E-state index < -0.39 is 10.0 Å². The van der Waals surface area contributed by atoms with E-state index in [0.717, 1.165) is 5.56 Å². The number of benzene rings is 2. The minimum absolute atomic E-state index is 0.172. The number of para-hydroxylation sites is 1. The molecule has 0 radical (unpaired) electrons. The van der Waals surface area contributed by atoms with E-state index in [-0.39, 0.29) is 4.90 Å². The summed E-state index contributed by atoms with van der Waals surface area (Å²) >= 11 is 6.58. The molecule has 0 fully saturated rings. The van der Waals surface area contributed by atoms with E-state index in [4.69, 9.17) is 5.73 Å². The Kier molecular flexibility index (Phi) is 4.85. The number of anilines is 1. The lowest BCUT2D eigenvalue weighted by molar-refractivity contribution is 0.600. The van der Waals surface area contributed by atoms with Crippen LogP contribution in [0.2, 0.25) is 0 Å². The van der Waals surface area contributed by atoms with Crippen molar-refractivity contribution in [2.24, 2.45) is 5.73 Å². The Labute approximate surface area is 134 Å². The molecule has 4 nitrogen and oxygen atoms in total. The Balaban J connectivity index is 2.39. The summed E-state index contributed by atoms with van der Waals surface area (Å²) in [5.74, 6) is 0. The van der Waals surface area contributed by atoms with Crippen LogP contribution in [0.5, 0.6) is 0 Å². The highest BCUT2D eigenvalue weighted by Gasteiger charge is 2.18. The first-order chi connectivity index (χ1) is 9.44. The highest BCUT2D eigenvalue weighted by Crippen LogP contribution is 2.28. The largest absolute Gasteiger partial charge is 0.326 e. The predicted octanol–water partition coefficient (Wildman–Crippen LogP) is 3.47. The molecular weight excluding hydrogens is 408 g/mol. The molecule has 0 amide bonds. The van der Waals surface area contributed by atoms with E-state index in [1.807, 2.05) is 6.07 Å². The standard InChI is InChI=1S/C13H12Br2N2O2S/c14-10-3-1-2-4-12(10)17-20(18,19)13-6-5-9(8-16)7-11(13)15/h1-7,17H,8,16H2. The fourth-order valence-corrected chi connectivity index (χ4v) is 4.35. The highest BCUT2D eigenvalue weighted by atomic mass is 79.9. The Morgan fingerprint density at radius 1 is 1.05 bits per heavy atom. The molecule has 2 aromatic carbocycles. The Hall–Kier alpha value is -0.890. The van der Waals surface area contributed by atoms with Crippen molar-refractivity contribution in [1.29, 1.82) is 0 Å². The molecule has 0 aliphatic rings. The smallest absolute Gasteiger partial charge is 0.263 e. The number of sulfonamides is 1. The van der Waals surface area contributed by atoms with Gasteiger partial charge in [-0.25, -0.2) is 8.42 Å². The van der Waals surface area contributed by atoms with Crippen molar-refractivity contribution in [3.63, 3.8) is 0 Å². The van der Waals surface area contributed by atoms with Gasteiger partial charge in [-0.1, -0.05) is 18.2 Å². The SMILES string of the molecule is NCc1ccc(S(=O)(=O)Nc2ccccc2Br)c(Br)c1. The van der Waals surface area contributed by atoms with E-state index in [1.54, 1.807) is 30.3 Å². The zero-order valence-corrected chi connectivity index (χ0v) is 14.3. The van der Waals surface area contributed by atoms with Crippen molar-refractivity contribution in [1.82, 2.24) is 0 Å². The third-order valence-electron chi connectivity index (χ3n) is 2.64. The van der Waals surface area contributed by atoms with Crippen LogP contribution in [0.15, 0.2) is 56.3 Å². The second kappa shape index (κ2) is 6.26. The van der Waals surface area contributed by atoms with Crippen LogP contribution >= 0.6 is 31.9 Å². The van der Waals surface area contributed by atoms with Gasteiger partial charge in [0, 0.05) is 15.5 Å². The van der Waals surface area contributed by atoms with E-state index >= 15 is 0 Å². The highest BCUT2D eigenvalue weighted by molar-refractivity contribution is 9.11. The first-order valence-corrected chi connectivity index (χ1v) is 8.77. The van der Waals surface area contributed by atoms with Crippen LogP contribution in [-0.4, -0.2) is 8.42 Å². The predicted molar refractivity (Wildman–Crippen MR) is 87.0 cm³/mol. The lowest BCUT2D eigenvalue weighted by Gasteiger charge is -2.11. The molecule has 3 N–H and O–H groups in total. The van der Waals surface area contributed by atoms with Crippen molar-refractivity contribution < 1.29 is 8.42 Å². The molecule has 106 valence electrons. The maximum atomic E-state index is 12.4. The summed E-state index contributed by atoms with van der Waals surface area (Å²) in [6, 6.07) is 12.0.